The van der Waals surface area contributed by atoms with E-state index in [1.54, 1.807) is 6.92 Å². The number of nitrogens with one attached hydrogen (secondary N) is 1. The van der Waals surface area contributed by atoms with Crippen LogP contribution in [0, 0.1) is 5.92 Å². The van der Waals surface area contributed by atoms with Gasteiger partial charge < -0.3 is 10.1 Å². The normalized spacial score (nSPS) is 33.6. The van der Waals surface area contributed by atoms with Crippen molar-refractivity contribution in [1.82, 2.24) is 5.32 Å². The summed E-state index contributed by atoms with van der Waals surface area (Å²) in [6, 6.07) is 0.271. The summed E-state index contributed by atoms with van der Waals surface area (Å²) in [7, 11) is 0. The van der Waals surface area contributed by atoms with Crippen LogP contribution in [0.2, 0.25) is 0 Å². The number of amides is 1. The first-order valence-corrected chi connectivity index (χ1v) is 8.27. The quantitative estimate of drug-likeness (QED) is 0.796. The van der Waals surface area contributed by atoms with Gasteiger partial charge in [0.2, 0.25) is 0 Å². The zero-order chi connectivity index (χ0) is 15.0. The van der Waals surface area contributed by atoms with Gasteiger partial charge in [0.15, 0.2) is 0 Å². The lowest BCUT2D eigenvalue weighted by atomic mass is 9.75. The van der Waals surface area contributed by atoms with Crippen molar-refractivity contribution in [3.63, 3.8) is 0 Å². The molecule has 116 valence electrons. The largest absolute Gasteiger partial charge is 0.451 e. The third kappa shape index (κ3) is 2.60. The lowest BCUT2D eigenvalue weighted by Gasteiger charge is -2.36. The highest BCUT2D eigenvalue weighted by atomic mass is 16.6. The van der Waals surface area contributed by atoms with Crippen molar-refractivity contribution in [3.05, 3.63) is 11.1 Å². The fourth-order valence-electron chi connectivity index (χ4n) is 4.03. The molecule has 0 aromatic rings. The molecule has 1 heterocycles. The Bertz CT molecular complexity index is 480. The Morgan fingerprint density at radius 2 is 1.81 bits per heavy atom. The summed E-state index contributed by atoms with van der Waals surface area (Å²) < 4.78 is 5.67. The minimum atomic E-state index is -0.642. The molecule has 4 heteroatoms. The summed E-state index contributed by atoms with van der Waals surface area (Å²) in [5.74, 6) is 0.273. The molecule has 1 amide bonds. The molecule has 0 saturated heterocycles. The van der Waals surface area contributed by atoms with Gasteiger partial charge in [0.05, 0.1) is 5.57 Å². The van der Waals surface area contributed by atoms with Crippen LogP contribution < -0.4 is 5.32 Å². The van der Waals surface area contributed by atoms with E-state index in [4.69, 9.17) is 4.74 Å². The highest BCUT2D eigenvalue weighted by Gasteiger charge is 2.50. The first kappa shape index (κ1) is 14.6. The van der Waals surface area contributed by atoms with Crippen LogP contribution in [0.3, 0.4) is 0 Å². The highest BCUT2D eigenvalue weighted by Crippen LogP contribution is 2.45. The number of carbonyl (C=O) groups excluding carboxylic acids is 2. The molecule has 3 rings (SSSR count). The van der Waals surface area contributed by atoms with E-state index in [0.29, 0.717) is 17.1 Å². The number of ether oxygens (including phenoxy) is 1. The van der Waals surface area contributed by atoms with Crippen LogP contribution in [0.25, 0.3) is 0 Å². The Morgan fingerprint density at radius 1 is 1.19 bits per heavy atom. The maximum absolute atomic E-state index is 12.7. The van der Waals surface area contributed by atoms with Crippen molar-refractivity contribution in [2.45, 2.75) is 76.9 Å². The molecular formula is C17H25NO3. The molecule has 1 N–H and O–H groups in total. The van der Waals surface area contributed by atoms with E-state index in [0.717, 1.165) is 38.5 Å². The fourth-order valence-corrected chi connectivity index (χ4v) is 4.03. The molecule has 0 bridgehead atoms. The molecule has 4 nitrogen and oxygen atoms in total. The van der Waals surface area contributed by atoms with Crippen LogP contribution in [0.1, 0.15) is 65.2 Å². The molecule has 1 spiro atoms. The average molecular weight is 291 g/mol. The van der Waals surface area contributed by atoms with Crippen LogP contribution in [0.4, 0.5) is 0 Å². The predicted molar refractivity (Wildman–Crippen MR) is 79.6 cm³/mol. The summed E-state index contributed by atoms with van der Waals surface area (Å²) >= 11 is 0. The van der Waals surface area contributed by atoms with Gasteiger partial charge in [0.1, 0.15) is 5.60 Å². The van der Waals surface area contributed by atoms with Gasteiger partial charge in [0, 0.05) is 11.6 Å². The maximum Gasteiger partial charge on any atom is 0.335 e. The minimum absolute atomic E-state index is 0.0696. The second-order valence-corrected chi connectivity index (χ2v) is 7.02. The molecule has 0 radical (unpaired) electrons. The van der Waals surface area contributed by atoms with Crippen molar-refractivity contribution in [1.29, 1.82) is 0 Å². The third-order valence-electron chi connectivity index (χ3n) is 5.42. The van der Waals surface area contributed by atoms with E-state index in [9.17, 15) is 9.59 Å². The van der Waals surface area contributed by atoms with Crippen molar-refractivity contribution in [2.24, 2.45) is 5.92 Å². The zero-order valence-corrected chi connectivity index (χ0v) is 13.0. The van der Waals surface area contributed by atoms with Gasteiger partial charge in [-0.2, -0.15) is 0 Å². The zero-order valence-electron chi connectivity index (χ0n) is 13.0. The maximum atomic E-state index is 12.7. The molecule has 0 atom stereocenters. The van der Waals surface area contributed by atoms with Crippen molar-refractivity contribution >= 4 is 11.9 Å². The summed E-state index contributed by atoms with van der Waals surface area (Å²) in [6.07, 6.45) is 8.06. The topological polar surface area (TPSA) is 55.4 Å². The summed E-state index contributed by atoms with van der Waals surface area (Å²) in [5, 5.41) is 3.13. The second-order valence-electron chi connectivity index (χ2n) is 7.02. The molecule has 0 aromatic heterocycles. The van der Waals surface area contributed by atoms with E-state index >= 15 is 0 Å². The number of esters is 1. The molecule has 3 aliphatic rings. The lowest BCUT2D eigenvalue weighted by Crippen LogP contribution is -2.44. The standard InChI is InChI=1S/C17H25NO3/c1-11-7-9-17(10-8-11)14(12(2)16(20)21-17)15(19)18-13-5-3-4-6-13/h11,13H,3-10H2,1-2H3,(H,18,19). The van der Waals surface area contributed by atoms with E-state index in [2.05, 4.69) is 12.2 Å². The van der Waals surface area contributed by atoms with E-state index in [1.807, 2.05) is 0 Å². The number of hydrogen-bond acceptors (Lipinski definition) is 3. The highest BCUT2D eigenvalue weighted by molar-refractivity contribution is 6.07. The minimum Gasteiger partial charge on any atom is -0.451 e. The van der Waals surface area contributed by atoms with E-state index in [1.165, 1.54) is 12.8 Å². The van der Waals surface area contributed by atoms with E-state index < -0.39 is 5.60 Å². The van der Waals surface area contributed by atoms with Crippen LogP contribution in [-0.2, 0) is 14.3 Å². The van der Waals surface area contributed by atoms with Crippen molar-refractivity contribution in [2.75, 3.05) is 0 Å². The molecule has 0 unspecified atom stereocenters. The van der Waals surface area contributed by atoms with Crippen LogP contribution in [0.15, 0.2) is 11.1 Å². The Balaban J connectivity index is 1.81. The van der Waals surface area contributed by atoms with Gasteiger partial charge in [-0.05, 0) is 51.4 Å². The second kappa shape index (κ2) is 5.47. The Kier molecular flexibility index (Phi) is 3.80. The molecule has 21 heavy (non-hydrogen) atoms. The lowest BCUT2D eigenvalue weighted by molar-refractivity contribution is -0.150. The van der Waals surface area contributed by atoms with Crippen LogP contribution >= 0.6 is 0 Å². The summed E-state index contributed by atoms with van der Waals surface area (Å²) in [5.41, 5.74) is 0.488. The molecule has 0 aromatic carbocycles. The van der Waals surface area contributed by atoms with Gasteiger partial charge in [-0.25, -0.2) is 4.79 Å². The Hall–Kier alpha value is -1.32. The number of hydrogen-bond donors (Lipinski definition) is 1. The first-order valence-electron chi connectivity index (χ1n) is 8.27. The van der Waals surface area contributed by atoms with Crippen LogP contribution in [-0.4, -0.2) is 23.5 Å². The van der Waals surface area contributed by atoms with Gasteiger partial charge in [-0.3, -0.25) is 4.79 Å². The molecule has 2 fully saturated rings. The average Bonchev–Trinajstić information content (AvgIpc) is 3.02. The SMILES string of the molecule is CC1=C(C(=O)NC2CCCC2)C2(CCC(C)CC2)OC1=O. The molecule has 1 aliphatic heterocycles. The Labute approximate surface area is 126 Å². The van der Waals surface area contributed by atoms with Gasteiger partial charge >= 0.3 is 5.97 Å². The number of rotatable bonds is 2. The fraction of sp³-hybridized carbons (Fsp3) is 0.765. The first-order chi connectivity index (χ1) is 10.0. The van der Waals surface area contributed by atoms with Gasteiger partial charge in [-0.1, -0.05) is 19.8 Å². The molecular weight excluding hydrogens is 266 g/mol. The summed E-state index contributed by atoms with van der Waals surface area (Å²) in [6.45, 7) is 3.96. The van der Waals surface area contributed by atoms with Crippen molar-refractivity contribution < 1.29 is 14.3 Å². The number of carbonyl (C=O) groups is 2. The predicted octanol–water partition coefficient (Wildman–Crippen LogP) is 2.87. The molecule has 2 aliphatic carbocycles. The van der Waals surface area contributed by atoms with E-state index in [-0.39, 0.29) is 17.9 Å². The third-order valence-corrected chi connectivity index (χ3v) is 5.42. The van der Waals surface area contributed by atoms with Gasteiger partial charge in [-0.15, -0.1) is 0 Å². The monoisotopic (exact) mass is 291 g/mol. The molecule has 2 saturated carbocycles. The summed E-state index contributed by atoms with van der Waals surface area (Å²) in [4.78, 5) is 24.7. The van der Waals surface area contributed by atoms with Crippen LogP contribution in [0.5, 0.6) is 0 Å². The van der Waals surface area contributed by atoms with Crippen molar-refractivity contribution in [3.8, 4) is 0 Å². The van der Waals surface area contributed by atoms with Gasteiger partial charge in [0.25, 0.3) is 5.91 Å². The Morgan fingerprint density at radius 3 is 2.43 bits per heavy atom. The smallest absolute Gasteiger partial charge is 0.335 e.